The average molecular weight is 321 g/mol. The summed E-state index contributed by atoms with van der Waals surface area (Å²) in [6.45, 7) is 1.41. The van der Waals surface area contributed by atoms with E-state index in [4.69, 9.17) is 11.6 Å². The number of hydrogen-bond acceptors (Lipinski definition) is 2. The van der Waals surface area contributed by atoms with Gasteiger partial charge in [-0.25, -0.2) is 4.39 Å². The molecule has 2 rings (SSSR count). The monoisotopic (exact) mass is 320 g/mol. The highest BCUT2D eigenvalue weighted by Gasteiger charge is 2.18. The zero-order valence-corrected chi connectivity index (χ0v) is 12.8. The molecule has 0 fully saturated rings. The maximum absolute atomic E-state index is 13.8. The molecular weight excluding hydrogens is 307 g/mol. The van der Waals surface area contributed by atoms with Gasteiger partial charge in [0.25, 0.3) is 5.91 Å². The van der Waals surface area contributed by atoms with E-state index in [0.29, 0.717) is 11.4 Å². The molecule has 2 amide bonds. The van der Waals surface area contributed by atoms with Crippen molar-refractivity contribution in [2.24, 2.45) is 0 Å². The molecule has 114 valence electrons. The molecule has 2 aromatic carbocycles. The van der Waals surface area contributed by atoms with Crippen molar-refractivity contribution >= 4 is 34.8 Å². The zero-order chi connectivity index (χ0) is 16.3. The van der Waals surface area contributed by atoms with Gasteiger partial charge in [-0.1, -0.05) is 29.8 Å². The average Bonchev–Trinajstić information content (AvgIpc) is 2.46. The van der Waals surface area contributed by atoms with Gasteiger partial charge in [0.2, 0.25) is 5.91 Å². The predicted molar refractivity (Wildman–Crippen MR) is 84.9 cm³/mol. The second kappa shape index (κ2) is 6.58. The molecule has 4 nitrogen and oxygen atoms in total. The van der Waals surface area contributed by atoms with Crippen LogP contribution in [0.3, 0.4) is 0 Å². The summed E-state index contributed by atoms with van der Waals surface area (Å²) in [5, 5.41) is 2.61. The van der Waals surface area contributed by atoms with E-state index < -0.39 is 11.7 Å². The fourth-order valence-corrected chi connectivity index (χ4v) is 2.19. The molecule has 1 N–H and O–H groups in total. The topological polar surface area (TPSA) is 49.4 Å². The molecule has 2 aromatic rings. The molecule has 0 aromatic heterocycles. The Bertz CT molecular complexity index is 714. The van der Waals surface area contributed by atoms with E-state index in [2.05, 4.69) is 5.32 Å². The second-order valence-corrected chi connectivity index (χ2v) is 5.05. The van der Waals surface area contributed by atoms with E-state index in [1.165, 1.54) is 24.0 Å². The standard InChI is InChI=1S/C16H14ClFN2O2/c1-10(21)20(2)14-9-4-3-8-13(14)19-16(22)15-11(17)6-5-7-12(15)18/h3-9H,1-2H3,(H,19,22). The number of hydrogen-bond donors (Lipinski definition) is 1. The third-order valence-corrected chi connectivity index (χ3v) is 3.49. The molecule has 0 unspecified atom stereocenters. The van der Waals surface area contributed by atoms with Crippen LogP contribution >= 0.6 is 11.6 Å². The van der Waals surface area contributed by atoms with E-state index >= 15 is 0 Å². The van der Waals surface area contributed by atoms with Gasteiger partial charge < -0.3 is 10.2 Å². The Morgan fingerprint density at radius 3 is 2.45 bits per heavy atom. The fraction of sp³-hybridized carbons (Fsp3) is 0.125. The molecule has 0 aliphatic rings. The third-order valence-electron chi connectivity index (χ3n) is 3.18. The minimum Gasteiger partial charge on any atom is -0.320 e. The van der Waals surface area contributed by atoms with Crippen LogP contribution in [0.5, 0.6) is 0 Å². The number of para-hydroxylation sites is 2. The van der Waals surface area contributed by atoms with Crippen LogP contribution in [0, 0.1) is 5.82 Å². The Morgan fingerprint density at radius 1 is 1.14 bits per heavy atom. The van der Waals surface area contributed by atoms with Crippen molar-refractivity contribution in [3.05, 3.63) is 58.9 Å². The van der Waals surface area contributed by atoms with Crippen LogP contribution in [-0.2, 0) is 4.79 Å². The Morgan fingerprint density at radius 2 is 1.82 bits per heavy atom. The smallest absolute Gasteiger partial charge is 0.260 e. The number of halogens is 2. The summed E-state index contributed by atoms with van der Waals surface area (Å²) in [6, 6.07) is 10.8. The van der Waals surface area contributed by atoms with Crippen molar-refractivity contribution in [2.75, 3.05) is 17.3 Å². The van der Waals surface area contributed by atoms with Crippen LogP contribution in [-0.4, -0.2) is 18.9 Å². The summed E-state index contributed by atoms with van der Waals surface area (Å²) in [7, 11) is 1.59. The molecule has 6 heteroatoms. The first-order valence-electron chi connectivity index (χ1n) is 6.50. The molecule has 0 atom stereocenters. The molecule has 0 heterocycles. The number of nitrogens with one attached hydrogen (secondary N) is 1. The quantitative estimate of drug-likeness (QED) is 0.937. The van der Waals surface area contributed by atoms with Crippen molar-refractivity contribution in [1.82, 2.24) is 0 Å². The number of benzene rings is 2. The van der Waals surface area contributed by atoms with Gasteiger partial charge in [-0.2, -0.15) is 0 Å². The van der Waals surface area contributed by atoms with Gasteiger partial charge in [0.1, 0.15) is 5.82 Å². The lowest BCUT2D eigenvalue weighted by molar-refractivity contribution is -0.116. The number of rotatable bonds is 3. The number of nitrogens with zero attached hydrogens (tertiary/aromatic N) is 1. The Balaban J connectivity index is 2.36. The van der Waals surface area contributed by atoms with Crippen molar-refractivity contribution in [3.63, 3.8) is 0 Å². The number of anilines is 2. The minimum atomic E-state index is -0.706. The van der Waals surface area contributed by atoms with Crippen molar-refractivity contribution in [3.8, 4) is 0 Å². The lowest BCUT2D eigenvalue weighted by Gasteiger charge is -2.19. The molecule has 22 heavy (non-hydrogen) atoms. The zero-order valence-electron chi connectivity index (χ0n) is 12.1. The summed E-state index contributed by atoms with van der Waals surface area (Å²) in [6.07, 6.45) is 0. The van der Waals surface area contributed by atoms with Gasteiger partial charge in [0, 0.05) is 14.0 Å². The fourth-order valence-electron chi connectivity index (χ4n) is 1.94. The van der Waals surface area contributed by atoms with Crippen LogP contribution in [0.4, 0.5) is 15.8 Å². The molecular formula is C16H14ClFN2O2. The van der Waals surface area contributed by atoms with Crippen LogP contribution in [0.2, 0.25) is 5.02 Å². The van der Waals surface area contributed by atoms with Gasteiger partial charge in [-0.3, -0.25) is 9.59 Å². The number of carbonyl (C=O) groups is 2. The second-order valence-electron chi connectivity index (χ2n) is 4.65. The van der Waals surface area contributed by atoms with E-state index in [1.54, 1.807) is 31.3 Å². The summed E-state index contributed by atoms with van der Waals surface area (Å²) >= 11 is 5.88. The SMILES string of the molecule is CC(=O)N(C)c1ccccc1NC(=O)c1c(F)cccc1Cl. The van der Waals surface area contributed by atoms with Crippen molar-refractivity contribution in [1.29, 1.82) is 0 Å². The molecule has 0 spiro atoms. The largest absolute Gasteiger partial charge is 0.320 e. The summed E-state index contributed by atoms with van der Waals surface area (Å²) in [4.78, 5) is 25.1. The van der Waals surface area contributed by atoms with Gasteiger partial charge >= 0.3 is 0 Å². The molecule has 0 radical (unpaired) electrons. The Hall–Kier alpha value is -2.40. The Kier molecular flexibility index (Phi) is 4.78. The highest BCUT2D eigenvalue weighted by molar-refractivity contribution is 6.34. The van der Waals surface area contributed by atoms with Crippen LogP contribution < -0.4 is 10.2 Å². The van der Waals surface area contributed by atoms with E-state index in [1.807, 2.05) is 0 Å². The van der Waals surface area contributed by atoms with Gasteiger partial charge in [0.05, 0.1) is 22.0 Å². The van der Waals surface area contributed by atoms with Gasteiger partial charge in [-0.15, -0.1) is 0 Å². The number of carbonyl (C=O) groups excluding carboxylic acids is 2. The lowest BCUT2D eigenvalue weighted by Crippen LogP contribution is -2.25. The lowest BCUT2D eigenvalue weighted by atomic mass is 10.1. The molecule has 0 bridgehead atoms. The minimum absolute atomic E-state index is 0.0231. The number of amides is 2. The van der Waals surface area contributed by atoms with E-state index in [0.717, 1.165) is 6.07 Å². The Labute approximate surface area is 132 Å². The predicted octanol–water partition coefficient (Wildman–Crippen LogP) is 3.71. The van der Waals surface area contributed by atoms with Crippen molar-refractivity contribution in [2.45, 2.75) is 6.92 Å². The molecule has 0 saturated carbocycles. The highest BCUT2D eigenvalue weighted by atomic mass is 35.5. The van der Waals surface area contributed by atoms with E-state index in [9.17, 15) is 14.0 Å². The van der Waals surface area contributed by atoms with Gasteiger partial charge in [-0.05, 0) is 24.3 Å². The first-order valence-corrected chi connectivity index (χ1v) is 6.88. The van der Waals surface area contributed by atoms with Crippen LogP contribution in [0.15, 0.2) is 42.5 Å². The normalized spacial score (nSPS) is 10.2. The molecule has 0 aliphatic carbocycles. The van der Waals surface area contributed by atoms with Crippen LogP contribution in [0.25, 0.3) is 0 Å². The first-order chi connectivity index (χ1) is 10.4. The van der Waals surface area contributed by atoms with Gasteiger partial charge in [0.15, 0.2) is 0 Å². The maximum atomic E-state index is 13.8. The summed E-state index contributed by atoms with van der Waals surface area (Å²) in [5.74, 6) is -1.57. The van der Waals surface area contributed by atoms with Crippen LogP contribution in [0.1, 0.15) is 17.3 Å². The first kappa shape index (κ1) is 16.0. The maximum Gasteiger partial charge on any atom is 0.260 e. The summed E-state index contributed by atoms with van der Waals surface area (Å²) < 4.78 is 13.8. The molecule has 0 aliphatic heterocycles. The summed E-state index contributed by atoms with van der Waals surface area (Å²) in [5.41, 5.74) is 0.671. The highest BCUT2D eigenvalue weighted by Crippen LogP contribution is 2.27. The van der Waals surface area contributed by atoms with E-state index in [-0.39, 0.29) is 16.5 Å². The molecule has 0 saturated heterocycles. The third kappa shape index (κ3) is 3.26. The van der Waals surface area contributed by atoms with Crippen molar-refractivity contribution < 1.29 is 14.0 Å².